The van der Waals surface area contributed by atoms with Crippen molar-refractivity contribution in [2.75, 3.05) is 0 Å². The van der Waals surface area contributed by atoms with E-state index in [0.717, 1.165) is 12.3 Å². The van der Waals surface area contributed by atoms with Crippen LogP contribution in [0, 0.1) is 5.92 Å². The summed E-state index contributed by atoms with van der Waals surface area (Å²) in [4.78, 5) is 10.6. The number of hydrogen-bond donors (Lipinski definition) is 1. The van der Waals surface area contributed by atoms with Crippen LogP contribution >= 0.6 is 12.6 Å². The lowest BCUT2D eigenvalue weighted by Crippen LogP contribution is -2.06. The fourth-order valence-electron chi connectivity index (χ4n) is 1.80. The molecule has 1 saturated carbocycles. The molecule has 11 heavy (non-hydrogen) atoms. The molecule has 0 N–H and O–H groups in total. The van der Waals surface area contributed by atoms with Crippen LogP contribution in [-0.4, -0.2) is 5.12 Å². The summed E-state index contributed by atoms with van der Waals surface area (Å²) >= 11 is 3.76. The zero-order valence-corrected chi connectivity index (χ0v) is 7.78. The van der Waals surface area contributed by atoms with Crippen LogP contribution in [0.4, 0.5) is 0 Å². The van der Waals surface area contributed by atoms with Gasteiger partial charge in [-0.25, -0.2) is 0 Å². The quantitative estimate of drug-likeness (QED) is 0.648. The van der Waals surface area contributed by atoms with Crippen LogP contribution in [0.1, 0.15) is 44.9 Å². The van der Waals surface area contributed by atoms with Gasteiger partial charge in [-0.15, -0.1) is 12.6 Å². The van der Waals surface area contributed by atoms with Crippen LogP contribution in [0.5, 0.6) is 0 Å². The number of thiol groups is 1. The number of rotatable bonds is 3. The van der Waals surface area contributed by atoms with E-state index in [1.807, 2.05) is 0 Å². The van der Waals surface area contributed by atoms with Crippen LogP contribution in [0.15, 0.2) is 0 Å². The molecule has 1 aliphatic rings. The van der Waals surface area contributed by atoms with Crippen LogP contribution in [0.3, 0.4) is 0 Å². The zero-order chi connectivity index (χ0) is 8.10. The molecule has 0 unspecified atom stereocenters. The minimum absolute atomic E-state index is 0.0515. The van der Waals surface area contributed by atoms with Crippen molar-refractivity contribution in [3.8, 4) is 0 Å². The van der Waals surface area contributed by atoms with Crippen LogP contribution in [0.2, 0.25) is 0 Å². The molecule has 1 fully saturated rings. The van der Waals surface area contributed by atoms with Gasteiger partial charge >= 0.3 is 0 Å². The van der Waals surface area contributed by atoms with Crippen molar-refractivity contribution in [2.24, 2.45) is 5.92 Å². The number of hydrogen-bond acceptors (Lipinski definition) is 1. The van der Waals surface area contributed by atoms with E-state index in [1.54, 1.807) is 0 Å². The molecule has 0 atom stereocenters. The Kier molecular flexibility index (Phi) is 3.98. The van der Waals surface area contributed by atoms with E-state index in [1.165, 1.54) is 32.1 Å². The summed E-state index contributed by atoms with van der Waals surface area (Å²) in [7, 11) is 0. The molecule has 0 aromatic rings. The van der Waals surface area contributed by atoms with E-state index in [0.29, 0.717) is 6.42 Å². The second kappa shape index (κ2) is 4.81. The fourth-order valence-corrected chi connectivity index (χ4v) is 1.93. The Labute approximate surface area is 74.0 Å². The van der Waals surface area contributed by atoms with Crippen molar-refractivity contribution in [1.82, 2.24) is 0 Å². The second-order valence-electron chi connectivity index (χ2n) is 3.44. The molecular formula is C9H16OS. The summed E-state index contributed by atoms with van der Waals surface area (Å²) in [6, 6.07) is 0. The molecule has 0 aromatic carbocycles. The molecule has 0 aliphatic heterocycles. The van der Waals surface area contributed by atoms with E-state index in [4.69, 9.17) is 0 Å². The van der Waals surface area contributed by atoms with Gasteiger partial charge in [-0.2, -0.15) is 0 Å². The molecule has 0 radical (unpaired) electrons. The minimum Gasteiger partial charge on any atom is -0.288 e. The molecule has 0 aromatic heterocycles. The second-order valence-corrected chi connectivity index (χ2v) is 3.94. The summed E-state index contributed by atoms with van der Waals surface area (Å²) in [5, 5.41) is 0.0515. The molecule has 2 heteroatoms. The Balaban J connectivity index is 2.09. The van der Waals surface area contributed by atoms with Gasteiger partial charge in [0.15, 0.2) is 5.12 Å². The van der Waals surface area contributed by atoms with E-state index in [2.05, 4.69) is 12.6 Å². The first kappa shape index (κ1) is 9.11. The molecule has 1 rings (SSSR count). The lowest BCUT2D eigenvalue weighted by Gasteiger charge is -2.20. The smallest absolute Gasteiger partial charge is 0.185 e. The molecule has 64 valence electrons. The lowest BCUT2D eigenvalue weighted by molar-refractivity contribution is -0.111. The standard InChI is InChI=1S/C9H16OS/c10-9(11)7-6-8-4-2-1-3-5-8/h8H,1-7H2,(H,10,11). The Hall–Kier alpha value is 0.0200. The largest absolute Gasteiger partial charge is 0.288 e. The highest BCUT2D eigenvalue weighted by molar-refractivity contribution is 7.96. The van der Waals surface area contributed by atoms with Crippen molar-refractivity contribution < 1.29 is 4.79 Å². The van der Waals surface area contributed by atoms with Gasteiger partial charge in [-0.1, -0.05) is 32.1 Å². The molecule has 0 saturated heterocycles. The van der Waals surface area contributed by atoms with Crippen LogP contribution in [0.25, 0.3) is 0 Å². The summed E-state index contributed by atoms with van der Waals surface area (Å²) in [5.74, 6) is 0.819. The summed E-state index contributed by atoms with van der Waals surface area (Å²) in [5.41, 5.74) is 0. The zero-order valence-electron chi connectivity index (χ0n) is 6.88. The highest BCUT2D eigenvalue weighted by atomic mass is 32.1. The van der Waals surface area contributed by atoms with Gasteiger partial charge in [0, 0.05) is 6.42 Å². The Morgan fingerprint density at radius 1 is 1.27 bits per heavy atom. The monoisotopic (exact) mass is 172 g/mol. The van der Waals surface area contributed by atoms with Gasteiger partial charge in [0.25, 0.3) is 0 Å². The maximum atomic E-state index is 10.6. The SMILES string of the molecule is O=C(S)CCC1CCCCC1. The molecule has 1 nitrogen and oxygen atoms in total. The maximum Gasteiger partial charge on any atom is 0.185 e. The van der Waals surface area contributed by atoms with Crippen molar-refractivity contribution in [3.05, 3.63) is 0 Å². The predicted molar refractivity (Wildman–Crippen MR) is 49.8 cm³/mol. The van der Waals surface area contributed by atoms with Gasteiger partial charge in [0.1, 0.15) is 0 Å². The van der Waals surface area contributed by atoms with Crippen molar-refractivity contribution in [1.29, 1.82) is 0 Å². The normalized spacial score (nSPS) is 20.1. The average molecular weight is 172 g/mol. The van der Waals surface area contributed by atoms with E-state index in [9.17, 15) is 4.79 Å². The number of carbonyl (C=O) groups is 1. The number of carbonyl (C=O) groups excluding carboxylic acids is 1. The highest BCUT2D eigenvalue weighted by Crippen LogP contribution is 2.27. The van der Waals surface area contributed by atoms with Gasteiger partial charge in [-0.05, 0) is 12.3 Å². The van der Waals surface area contributed by atoms with Gasteiger partial charge in [0.2, 0.25) is 0 Å². The first-order valence-electron chi connectivity index (χ1n) is 4.51. The van der Waals surface area contributed by atoms with E-state index >= 15 is 0 Å². The van der Waals surface area contributed by atoms with Crippen LogP contribution in [-0.2, 0) is 4.79 Å². The Morgan fingerprint density at radius 2 is 1.91 bits per heavy atom. The molecule has 0 bridgehead atoms. The van der Waals surface area contributed by atoms with Crippen molar-refractivity contribution >= 4 is 17.7 Å². The molecule has 0 amide bonds. The van der Waals surface area contributed by atoms with Gasteiger partial charge in [-0.3, -0.25) is 4.79 Å². The predicted octanol–water partition coefficient (Wildman–Crippen LogP) is 2.80. The Bertz CT molecular complexity index is 128. The first-order chi connectivity index (χ1) is 5.29. The molecule has 0 spiro atoms. The summed E-state index contributed by atoms with van der Waals surface area (Å²) < 4.78 is 0. The molecule has 0 heterocycles. The minimum atomic E-state index is 0.0515. The third kappa shape index (κ3) is 3.80. The molecule has 1 aliphatic carbocycles. The van der Waals surface area contributed by atoms with E-state index < -0.39 is 0 Å². The Morgan fingerprint density at radius 3 is 2.45 bits per heavy atom. The lowest BCUT2D eigenvalue weighted by atomic mass is 9.86. The van der Waals surface area contributed by atoms with Gasteiger partial charge in [0.05, 0.1) is 0 Å². The van der Waals surface area contributed by atoms with Crippen molar-refractivity contribution in [3.63, 3.8) is 0 Å². The fraction of sp³-hybridized carbons (Fsp3) is 0.889. The van der Waals surface area contributed by atoms with Gasteiger partial charge < -0.3 is 0 Å². The summed E-state index contributed by atoms with van der Waals surface area (Å²) in [6.07, 6.45) is 8.54. The summed E-state index contributed by atoms with van der Waals surface area (Å²) in [6.45, 7) is 0. The highest BCUT2D eigenvalue weighted by Gasteiger charge is 2.13. The third-order valence-electron chi connectivity index (χ3n) is 2.49. The topological polar surface area (TPSA) is 17.1 Å². The molecular weight excluding hydrogens is 156 g/mol. The van der Waals surface area contributed by atoms with Crippen molar-refractivity contribution in [2.45, 2.75) is 44.9 Å². The average Bonchev–Trinajstić information content (AvgIpc) is 2.03. The maximum absolute atomic E-state index is 10.6. The first-order valence-corrected chi connectivity index (χ1v) is 4.95. The van der Waals surface area contributed by atoms with Crippen LogP contribution < -0.4 is 0 Å². The van der Waals surface area contributed by atoms with E-state index in [-0.39, 0.29) is 5.12 Å². The third-order valence-corrected chi connectivity index (χ3v) is 2.71.